The highest BCUT2D eigenvalue weighted by Crippen LogP contribution is 2.32. The van der Waals surface area contributed by atoms with Crippen molar-refractivity contribution in [3.63, 3.8) is 0 Å². The van der Waals surface area contributed by atoms with Crippen molar-refractivity contribution in [2.45, 2.75) is 58.2 Å². The molecule has 1 unspecified atom stereocenters. The van der Waals surface area contributed by atoms with Crippen molar-refractivity contribution in [3.05, 3.63) is 18.0 Å². The minimum absolute atomic E-state index is 0.320. The lowest BCUT2D eigenvalue weighted by Gasteiger charge is -2.34. The predicted octanol–water partition coefficient (Wildman–Crippen LogP) is 1.95. The normalized spacial score (nSPS) is 21.5. The Morgan fingerprint density at radius 2 is 2.10 bits per heavy atom. The van der Waals surface area contributed by atoms with Crippen molar-refractivity contribution in [1.82, 2.24) is 20.0 Å². The minimum Gasteiger partial charge on any atom is -0.342 e. The molecule has 2 heterocycles. The van der Waals surface area contributed by atoms with E-state index in [1.807, 2.05) is 10.9 Å². The van der Waals surface area contributed by atoms with Crippen LogP contribution in [0.25, 0.3) is 0 Å². The van der Waals surface area contributed by atoms with Gasteiger partial charge in [-0.15, -0.1) is 0 Å². The Hall–Kier alpha value is -1.36. The summed E-state index contributed by atoms with van der Waals surface area (Å²) < 4.78 is 1.96. The van der Waals surface area contributed by atoms with Gasteiger partial charge in [0.1, 0.15) is 0 Å². The van der Waals surface area contributed by atoms with Crippen LogP contribution in [-0.4, -0.2) is 39.7 Å². The number of amides is 1. The van der Waals surface area contributed by atoms with Gasteiger partial charge in [-0.25, -0.2) is 0 Å². The molecule has 1 aliphatic heterocycles. The SMILES string of the molecule is CCn1cc(C(C)NC2CCN(C(=O)C3CC3)CC2)cn1. The molecule has 5 nitrogen and oxygen atoms in total. The minimum atomic E-state index is 0.320. The number of hydrogen-bond donors (Lipinski definition) is 1. The van der Waals surface area contributed by atoms with Gasteiger partial charge in [0.25, 0.3) is 0 Å². The summed E-state index contributed by atoms with van der Waals surface area (Å²) >= 11 is 0. The zero-order valence-electron chi connectivity index (χ0n) is 13.1. The van der Waals surface area contributed by atoms with Gasteiger partial charge in [0.05, 0.1) is 6.20 Å². The molecule has 0 radical (unpaired) electrons. The fourth-order valence-corrected chi connectivity index (χ4v) is 3.08. The first kappa shape index (κ1) is 14.6. The number of carbonyl (C=O) groups is 1. The molecule has 0 bridgehead atoms. The molecule has 1 saturated heterocycles. The van der Waals surface area contributed by atoms with Crippen LogP contribution in [-0.2, 0) is 11.3 Å². The third kappa shape index (κ3) is 3.46. The van der Waals surface area contributed by atoms with Crippen molar-refractivity contribution < 1.29 is 4.79 Å². The van der Waals surface area contributed by atoms with Crippen LogP contribution >= 0.6 is 0 Å². The van der Waals surface area contributed by atoms with Crippen molar-refractivity contribution >= 4 is 5.91 Å². The highest BCUT2D eigenvalue weighted by atomic mass is 16.2. The summed E-state index contributed by atoms with van der Waals surface area (Å²) in [5.74, 6) is 0.749. The first-order chi connectivity index (χ1) is 10.2. The molecule has 1 aliphatic carbocycles. The molecule has 2 aliphatic rings. The Morgan fingerprint density at radius 1 is 1.38 bits per heavy atom. The molecule has 0 spiro atoms. The van der Waals surface area contributed by atoms with E-state index in [4.69, 9.17) is 0 Å². The van der Waals surface area contributed by atoms with Crippen LogP contribution < -0.4 is 5.32 Å². The maximum atomic E-state index is 12.0. The third-order valence-corrected chi connectivity index (χ3v) is 4.70. The monoisotopic (exact) mass is 290 g/mol. The van der Waals surface area contributed by atoms with Gasteiger partial charge in [0.15, 0.2) is 0 Å². The van der Waals surface area contributed by atoms with Gasteiger partial charge in [0.2, 0.25) is 5.91 Å². The van der Waals surface area contributed by atoms with E-state index in [0.29, 0.717) is 23.9 Å². The van der Waals surface area contributed by atoms with Crippen LogP contribution in [0.4, 0.5) is 0 Å². The maximum Gasteiger partial charge on any atom is 0.225 e. The number of likely N-dealkylation sites (tertiary alicyclic amines) is 1. The molecule has 1 amide bonds. The van der Waals surface area contributed by atoms with Crippen molar-refractivity contribution in [2.24, 2.45) is 5.92 Å². The predicted molar refractivity (Wildman–Crippen MR) is 81.8 cm³/mol. The molecule has 3 rings (SSSR count). The van der Waals surface area contributed by atoms with E-state index in [1.54, 1.807) is 0 Å². The molecule has 1 N–H and O–H groups in total. The molecule has 1 aromatic rings. The standard InChI is InChI=1S/C16H26N4O/c1-3-20-11-14(10-17-20)12(2)18-15-6-8-19(9-7-15)16(21)13-4-5-13/h10-13,15,18H,3-9H2,1-2H3. The molecule has 21 heavy (non-hydrogen) atoms. The Labute approximate surface area is 126 Å². The van der Waals surface area contributed by atoms with Crippen LogP contribution in [0.2, 0.25) is 0 Å². The number of aromatic nitrogens is 2. The van der Waals surface area contributed by atoms with Gasteiger partial charge in [-0.3, -0.25) is 9.48 Å². The van der Waals surface area contributed by atoms with E-state index < -0.39 is 0 Å². The second kappa shape index (κ2) is 6.18. The van der Waals surface area contributed by atoms with E-state index in [1.165, 1.54) is 5.56 Å². The molecular formula is C16H26N4O. The van der Waals surface area contributed by atoms with Gasteiger partial charge >= 0.3 is 0 Å². The Morgan fingerprint density at radius 3 is 2.67 bits per heavy atom. The number of nitrogens with zero attached hydrogens (tertiary/aromatic N) is 3. The number of hydrogen-bond acceptors (Lipinski definition) is 3. The van der Waals surface area contributed by atoms with Crippen LogP contribution in [0.3, 0.4) is 0 Å². The average Bonchev–Trinajstić information content (AvgIpc) is 3.24. The zero-order valence-corrected chi connectivity index (χ0v) is 13.1. The molecule has 1 saturated carbocycles. The van der Waals surface area contributed by atoms with Crippen LogP contribution in [0.1, 0.15) is 51.1 Å². The Balaban J connectivity index is 1.47. The third-order valence-electron chi connectivity index (χ3n) is 4.70. The molecule has 0 aromatic carbocycles. The molecule has 2 fully saturated rings. The van der Waals surface area contributed by atoms with Crippen LogP contribution in [0.15, 0.2) is 12.4 Å². The van der Waals surface area contributed by atoms with E-state index in [-0.39, 0.29) is 0 Å². The topological polar surface area (TPSA) is 50.2 Å². The second-order valence-corrected chi connectivity index (χ2v) is 6.39. The fourth-order valence-electron chi connectivity index (χ4n) is 3.08. The number of rotatable bonds is 5. The molecule has 1 aromatic heterocycles. The van der Waals surface area contributed by atoms with Gasteiger partial charge in [-0.05, 0) is 39.5 Å². The van der Waals surface area contributed by atoms with E-state index >= 15 is 0 Å². The fraction of sp³-hybridized carbons (Fsp3) is 0.750. The summed E-state index contributed by atoms with van der Waals surface area (Å²) in [6, 6.07) is 0.828. The quantitative estimate of drug-likeness (QED) is 0.902. The molecule has 1 atom stereocenters. The molecule has 5 heteroatoms. The second-order valence-electron chi connectivity index (χ2n) is 6.39. The average molecular weight is 290 g/mol. The Kier molecular flexibility index (Phi) is 4.29. The van der Waals surface area contributed by atoms with Gasteiger partial charge in [0, 0.05) is 49.4 Å². The lowest BCUT2D eigenvalue weighted by atomic mass is 10.0. The number of piperidine rings is 1. The first-order valence-electron chi connectivity index (χ1n) is 8.24. The summed E-state index contributed by atoms with van der Waals surface area (Å²) in [4.78, 5) is 14.1. The summed E-state index contributed by atoms with van der Waals surface area (Å²) in [6.45, 7) is 7.02. The number of aryl methyl sites for hydroxylation is 1. The van der Waals surface area contributed by atoms with Gasteiger partial charge < -0.3 is 10.2 Å². The van der Waals surface area contributed by atoms with Crippen molar-refractivity contribution in [1.29, 1.82) is 0 Å². The summed E-state index contributed by atoms with van der Waals surface area (Å²) in [5.41, 5.74) is 1.24. The summed E-state index contributed by atoms with van der Waals surface area (Å²) in [7, 11) is 0. The Bertz CT molecular complexity index is 486. The number of nitrogens with one attached hydrogen (secondary N) is 1. The zero-order chi connectivity index (χ0) is 14.8. The van der Waals surface area contributed by atoms with Crippen molar-refractivity contribution in [3.8, 4) is 0 Å². The van der Waals surface area contributed by atoms with Crippen molar-refractivity contribution in [2.75, 3.05) is 13.1 Å². The molecule has 116 valence electrons. The van der Waals surface area contributed by atoms with E-state index in [9.17, 15) is 4.79 Å². The highest BCUT2D eigenvalue weighted by Gasteiger charge is 2.35. The van der Waals surface area contributed by atoms with E-state index in [0.717, 1.165) is 45.3 Å². The maximum absolute atomic E-state index is 12.0. The largest absolute Gasteiger partial charge is 0.342 e. The lowest BCUT2D eigenvalue weighted by Crippen LogP contribution is -2.45. The number of carbonyl (C=O) groups excluding carboxylic acids is 1. The molecular weight excluding hydrogens is 264 g/mol. The smallest absolute Gasteiger partial charge is 0.225 e. The lowest BCUT2D eigenvalue weighted by molar-refractivity contribution is -0.133. The van der Waals surface area contributed by atoms with Gasteiger partial charge in [-0.1, -0.05) is 0 Å². The highest BCUT2D eigenvalue weighted by molar-refractivity contribution is 5.81. The first-order valence-corrected chi connectivity index (χ1v) is 8.24. The van der Waals surface area contributed by atoms with E-state index in [2.05, 4.69) is 35.4 Å². The summed E-state index contributed by atoms with van der Waals surface area (Å²) in [5, 5.41) is 8.02. The summed E-state index contributed by atoms with van der Waals surface area (Å²) in [6.07, 6.45) is 8.40. The van der Waals surface area contributed by atoms with Crippen LogP contribution in [0.5, 0.6) is 0 Å². The van der Waals surface area contributed by atoms with Gasteiger partial charge in [-0.2, -0.15) is 5.10 Å². The van der Waals surface area contributed by atoms with Crippen LogP contribution in [0, 0.1) is 5.92 Å².